The fourth-order valence-corrected chi connectivity index (χ4v) is 2.76. The lowest BCUT2D eigenvalue weighted by atomic mass is 10.1. The third kappa shape index (κ3) is 9.16. The van der Waals surface area contributed by atoms with Crippen LogP contribution in [0.2, 0.25) is 0 Å². The summed E-state index contributed by atoms with van der Waals surface area (Å²) in [6, 6.07) is 0.333. The van der Waals surface area contributed by atoms with Crippen LogP contribution in [0.5, 0.6) is 0 Å². The normalized spacial score (nSPS) is 20.0. The number of nitrogens with zero attached hydrogens (tertiary/aromatic N) is 2. The first-order valence-corrected chi connectivity index (χ1v) is 7.94. The monoisotopic (exact) mass is 357 g/mol. The molecule has 7 heteroatoms. The number of nitrogens with two attached hydrogens (primary N) is 1. The highest BCUT2D eigenvalue weighted by atomic mass is 35.5. The summed E-state index contributed by atoms with van der Waals surface area (Å²) in [6.45, 7) is 7.83. The van der Waals surface area contributed by atoms with Gasteiger partial charge >= 0.3 is 0 Å². The standard InChI is InChI=1S/C15H31N3O2.2ClH/c1-13-11-18(10-9-17(13)12-14(2)19)15(20)7-5-3-4-6-8-16;;/h13-14,19H,3-12,16H2,1-2H3;2*1H. The van der Waals surface area contributed by atoms with Gasteiger partial charge in [0.15, 0.2) is 0 Å². The summed E-state index contributed by atoms with van der Waals surface area (Å²) in [5.41, 5.74) is 5.45. The number of unbranched alkanes of at least 4 members (excludes halogenated alkanes) is 3. The molecule has 0 bridgehead atoms. The molecule has 0 aliphatic carbocycles. The number of β-amino-alcohol motifs (C(OH)–C–C–N with tert-alkyl or cyclic N) is 1. The average Bonchev–Trinajstić information content (AvgIpc) is 2.40. The summed E-state index contributed by atoms with van der Waals surface area (Å²) in [5.74, 6) is 0.279. The molecule has 5 nitrogen and oxygen atoms in total. The van der Waals surface area contributed by atoms with E-state index in [1.165, 1.54) is 0 Å². The molecular formula is C15H33Cl2N3O2. The number of amides is 1. The highest BCUT2D eigenvalue weighted by molar-refractivity contribution is 5.85. The fraction of sp³-hybridized carbons (Fsp3) is 0.933. The van der Waals surface area contributed by atoms with Gasteiger partial charge in [-0.25, -0.2) is 0 Å². The first-order chi connectivity index (χ1) is 9.54. The Hall–Kier alpha value is -0.0700. The van der Waals surface area contributed by atoms with E-state index in [4.69, 9.17) is 5.73 Å². The van der Waals surface area contributed by atoms with E-state index in [0.717, 1.165) is 51.9 Å². The van der Waals surface area contributed by atoms with Crippen molar-refractivity contribution >= 4 is 30.7 Å². The molecule has 3 N–H and O–H groups in total. The van der Waals surface area contributed by atoms with Crippen molar-refractivity contribution in [2.75, 3.05) is 32.7 Å². The molecule has 1 aliphatic heterocycles. The van der Waals surface area contributed by atoms with Gasteiger partial charge in [-0.2, -0.15) is 0 Å². The molecule has 0 aromatic rings. The zero-order chi connectivity index (χ0) is 15.0. The lowest BCUT2D eigenvalue weighted by Gasteiger charge is -2.40. The molecule has 1 aliphatic rings. The van der Waals surface area contributed by atoms with Crippen molar-refractivity contribution in [3.8, 4) is 0 Å². The second kappa shape index (κ2) is 13.4. The van der Waals surface area contributed by atoms with Gasteiger partial charge in [-0.3, -0.25) is 9.69 Å². The number of aliphatic hydroxyl groups excluding tert-OH is 1. The van der Waals surface area contributed by atoms with Crippen LogP contribution in [0.1, 0.15) is 46.0 Å². The van der Waals surface area contributed by atoms with Crippen molar-refractivity contribution in [2.24, 2.45) is 5.73 Å². The summed E-state index contributed by atoms with van der Waals surface area (Å²) >= 11 is 0. The van der Waals surface area contributed by atoms with Gasteiger partial charge in [0.2, 0.25) is 5.91 Å². The summed E-state index contributed by atoms with van der Waals surface area (Å²) in [4.78, 5) is 16.4. The summed E-state index contributed by atoms with van der Waals surface area (Å²) in [5, 5.41) is 9.45. The van der Waals surface area contributed by atoms with Gasteiger partial charge in [0, 0.05) is 38.6 Å². The van der Waals surface area contributed by atoms with Crippen LogP contribution in [-0.2, 0) is 4.79 Å². The number of aliphatic hydroxyl groups is 1. The molecule has 2 atom stereocenters. The Kier molecular flexibility index (Phi) is 14.7. The molecular weight excluding hydrogens is 325 g/mol. The Bertz CT molecular complexity index is 294. The SMILES string of the molecule is CC(O)CN1CCN(C(=O)CCCCCCN)CC1C.Cl.Cl. The van der Waals surface area contributed by atoms with Gasteiger partial charge in [0.1, 0.15) is 0 Å². The molecule has 134 valence electrons. The number of rotatable bonds is 8. The quantitative estimate of drug-likeness (QED) is 0.648. The number of carbonyl (C=O) groups is 1. The van der Waals surface area contributed by atoms with Crippen LogP contribution < -0.4 is 5.73 Å². The number of carbonyl (C=O) groups excluding carboxylic acids is 1. The second-order valence-electron chi connectivity index (χ2n) is 5.99. The zero-order valence-corrected chi connectivity index (χ0v) is 15.5. The molecule has 1 heterocycles. The molecule has 1 fully saturated rings. The van der Waals surface area contributed by atoms with Gasteiger partial charge in [-0.1, -0.05) is 12.8 Å². The van der Waals surface area contributed by atoms with Gasteiger partial charge in [-0.15, -0.1) is 24.8 Å². The van der Waals surface area contributed by atoms with Crippen LogP contribution in [-0.4, -0.2) is 65.7 Å². The number of halogens is 2. The van der Waals surface area contributed by atoms with Gasteiger partial charge < -0.3 is 15.7 Å². The van der Waals surface area contributed by atoms with E-state index in [0.29, 0.717) is 19.0 Å². The number of piperazine rings is 1. The maximum atomic E-state index is 12.1. The van der Waals surface area contributed by atoms with E-state index in [-0.39, 0.29) is 36.8 Å². The third-order valence-electron chi connectivity index (χ3n) is 3.96. The number of hydrogen-bond acceptors (Lipinski definition) is 4. The molecule has 0 spiro atoms. The highest BCUT2D eigenvalue weighted by Gasteiger charge is 2.26. The topological polar surface area (TPSA) is 69.8 Å². The molecule has 0 saturated carbocycles. The minimum Gasteiger partial charge on any atom is -0.392 e. The molecule has 1 saturated heterocycles. The van der Waals surface area contributed by atoms with E-state index in [2.05, 4.69) is 11.8 Å². The largest absolute Gasteiger partial charge is 0.392 e. The second-order valence-corrected chi connectivity index (χ2v) is 5.99. The highest BCUT2D eigenvalue weighted by Crippen LogP contribution is 2.13. The molecule has 2 unspecified atom stereocenters. The van der Waals surface area contributed by atoms with Gasteiger partial charge in [0.25, 0.3) is 0 Å². The minimum atomic E-state index is -0.303. The molecule has 22 heavy (non-hydrogen) atoms. The average molecular weight is 358 g/mol. The fourth-order valence-electron chi connectivity index (χ4n) is 2.76. The van der Waals surface area contributed by atoms with E-state index in [1.54, 1.807) is 0 Å². The van der Waals surface area contributed by atoms with Gasteiger partial charge in [0.05, 0.1) is 6.10 Å². The summed E-state index contributed by atoms with van der Waals surface area (Å²) < 4.78 is 0. The van der Waals surface area contributed by atoms with Crippen molar-refractivity contribution in [3.63, 3.8) is 0 Å². The maximum absolute atomic E-state index is 12.1. The van der Waals surface area contributed by atoms with Crippen molar-refractivity contribution in [1.82, 2.24) is 9.80 Å². The first-order valence-electron chi connectivity index (χ1n) is 7.94. The Morgan fingerprint density at radius 3 is 2.41 bits per heavy atom. The van der Waals surface area contributed by atoms with Crippen LogP contribution in [0.25, 0.3) is 0 Å². The Morgan fingerprint density at radius 1 is 1.23 bits per heavy atom. The smallest absolute Gasteiger partial charge is 0.222 e. The summed E-state index contributed by atoms with van der Waals surface area (Å²) in [6.07, 6.45) is 4.61. The van der Waals surface area contributed by atoms with Gasteiger partial charge in [-0.05, 0) is 33.2 Å². The lowest BCUT2D eigenvalue weighted by Crippen LogP contribution is -2.54. The van der Waals surface area contributed by atoms with E-state index in [9.17, 15) is 9.90 Å². The summed E-state index contributed by atoms with van der Waals surface area (Å²) in [7, 11) is 0. The molecule has 1 amide bonds. The third-order valence-corrected chi connectivity index (χ3v) is 3.96. The Labute approximate surface area is 147 Å². The first kappa shape index (κ1) is 24.2. The van der Waals surface area contributed by atoms with Crippen LogP contribution in [0, 0.1) is 0 Å². The molecule has 1 rings (SSSR count). The lowest BCUT2D eigenvalue weighted by molar-refractivity contribution is -0.134. The van der Waals surface area contributed by atoms with E-state index in [1.807, 2.05) is 11.8 Å². The predicted octanol–water partition coefficient (Wildman–Crippen LogP) is 1.65. The van der Waals surface area contributed by atoms with Crippen molar-refractivity contribution in [2.45, 2.75) is 58.1 Å². The Balaban J connectivity index is 0. The van der Waals surface area contributed by atoms with Crippen LogP contribution in [0.3, 0.4) is 0 Å². The van der Waals surface area contributed by atoms with E-state index >= 15 is 0 Å². The van der Waals surface area contributed by atoms with Crippen LogP contribution >= 0.6 is 24.8 Å². The van der Waals surface area contributed by atoms with Crippen molar-refractivity contribution in [1.29, 1.82) is 0 Å². The number of hydrogen-bond donors (Lipinski definition) is 2. The Morgan fingerprint density at radius 2 is 1.86 bits per heavy atom. The molecule has 0 aromatic carbocycles. The van der Waals surface area contributed by atoms with Crippen LogP contribution in [0.15, 0.2) is 0 Å². The maximum Gasteiger partial charge on any atom is 0.222 e. The molecule has 0 aromatic heterocycles. The van der Waals surface area contributed by atoms with E-state index < -0.39 is 0 Å². The predicted molar refractivity (Wildman–Crippen MR) is 95.9 cm³/mol. The van der Waals surface area contributed by atoms with Crippen molar-refractivity contribution < 1.29 is 9.90 Å². The van der Waals surface area contributed by atoms with Crippen LogP contribution in [0.4, 0.5) is 0 Å². The van der Waals surface area contributed by atoms with Crippen molar-refractivity contribution in [3.05, 3.63) is 0 Å². The molecule has 0 radical (unpaired) electrons. The zero-order valence-electron chi connectivity index (χ0n) is 13.9. The minimum absolute atomic E-state index is 0.